The van der Waals surface area contributed by atoms with Crippen LogP contribution in [0.4, 0.5) is 0 Å². The van der Waals surface area contributed by atoms with E-state index >= 15 is 0 Å². The molecular formula is C11H40Ac10N7No7NpO7P-2. The summed E-state index contributed by atoms with van der Waals surface area (Å²) in [5.41, 5.74) is 7.68. The van der Waals surface area contributed by atoms with Gasteiger partial charge < -0.3 is 57.8 Å². The van der Waals surface area contributed by atoms with Crippen molar-refractivity contribution in [2.24, 2.45) is 5.73 Å². The van der Waals surface area contributed by atoms with Crippen molar-refractivity contribution in [2.45, 2.75) is 39.2 Å². The maximum Gasteiger partial charge on any atom is 1.00 e. The topological polar surface area (TPSA) is 381 Å². The van der Waals surface area contributed by atoms with E-state index in [2.05, 4.69) is 18.0 Å². The second-order valence-electron chi connectivity index (χ2n) is 3.83. The summed E-state index contributed by atoms with van der Waals surface area (Å²) in [5.74, 6) is 0. The van der Waals surface area contributed by atoms with Crippen LogP contribution in [0.25, 0.3) is 30.8 Å². The Balaban J connectivity index is -0.00000000309. The van der Waals surface area contributed by atoms with Crippen LogP contribution >= 0.6 is 7.82 Å². The third-order valence-corrected chi connectivity index (χ3v) is 2.11. The first-order chi connectivity index (χ1) is 8.36. The molecule has 22 N–H and O–H groups in total. The molecule has 1 aromatic heterocycles. The third-order valence-electron chi connectivity index (χ3n) is 2.11. The molecule has 0 unspecified atom stereocenters. The summed E-state index contributed by atoms with van der Waals surface area (Å²) < 4.78 is 8.99. The molecule has 33 heteroatoms. The van der Waals surface area contributed by atoms with Crippen LogP contribution in [-0.2, 0) is 17.5 Å². The first-order valence-electron chi connectivity index (χ1n) is 5.82. The van der Waals surface area contributed by atoms with Crippen molar-refractivity contribution in [3.63, 3.8) is 0 Å². The Labute approximate surface area is 607 Å². The molecule has 0 fully saturated rings. The van der Waals surface area contributed by atoms with Crippen LogP contribution < -0.4 is 5.73 Å². The summed E-state index contributed by atoms with van der Waals surface area (Å²) >= 11 is 0. The fourth-order valence-corrected chi connectivity index (χ4v) is 1.34. The number of nitrogens with two attached hydrogens (primary N) is 6. The van der Waals surface area contributed by atoms with Gasteiger partial charge in [0, 0.05) is 483 Å². The van der Waals surface area contributed by atoms with Crippen molar-refractivity contribution in [2.75, 3.05) is 0 Å². The molecule has 0 aliphatic carbocycles. The molecule has 1 rings (SSSR count). The van der Waals surface area contributed by atoms with E-state index in [0.29, 0.717) is 6.54 Å². The monoisotopic (exact) mass is 4730 g/mol. The minimum Gasteiger partial charge on any atom is -0.693 e. The molecular weight excluding hydrogens is 4690 g/mol. The molecule has 0 saturated carbocycles. The van der Waals surface area contributed by atoms with Crippen molar-refractivity contribution in [3.05, 3.63) is 60.3 Å². The Bertz CT molecular complexity index is 468. The quantitative estimate of drug-likeness (QED) is 0.227. The van der Waals surface area contributed by atoms with Gasteiger partial charge >= 0.3 is 10.7 Å². The summed E-state index contributed by atoms with van der Waals surface area (Å²) in [7, 11) is -4.39. The molecule has 0 atom stereocenters. The SMILES string of the molecule is CCCCCc1cccc(CN)n1.O.O.O.O=P(O)(O)[OH2+].[Ac].[Ac].[Ac].[Ac].[Ac].[Ac].[Ac].[Ac].[Ac].[Ac].[H+].[H+].[NH2-].[NH2-].[NH2-].[NH2-].[NH2-].[No].[No].[No].[No].[No].[No].[No].[Np]. The van der Waals surface area contributed by atoms with Crippen LogP contribution in [0.2, 0.25) is 0 Å². The molecule has 0 aliphatic rings. The molecule has 0 aliphatic heterocycles. The van der Waals surface area contributed by atoms with Crippen LogP contribution in [0.15, 0.2) is 18.2 Å². The van der Waals surface area contributed by atoms with E-state index in [1.54, 1.807) is 0 Å². The molecule has 0 saturated heterocycles. The molecule has 1 aromatic rings. The molecule has 0 amide bonds. The van der Waals surface area contributed by atoms with Crippen LogP contribution in [0.5, 0.6) is 0 Å². The van der Waals surface area contributed by atoms with Gasteiger partial charge in [0.2, 0.25) is 0 Å². The Morgan fingerprint density at radius 3 is 1.11 bits per heavy atom. The van der Waals surface area contributed by atoms with E-state index in [0.717, 1.165) is 12.1 Å². The zero-order chi connectivity index (χ0) is 14.0. The maximum absolute atomic E-state index is 8.99. The smallest absolute Gasteiger partial charge is 0.693 e. The zero-order valence-corrected chi connectivity index (χ0v) is 90.7. The first-order valence-corrected chi connectivity index (χ1v) is 7.43. The molecule has 1 heterocycles. The van der Waals surface area contributed by atoms with E-state index in [9.17, 15) is 0 Å². The molecule has 0 bridgehead atoms. The Kier molecular flexibility index (Phi) is 762. The predicted molar refractivity (Wildman–Crippen MR) is 111 cm³/mol. The van der Waals surface area contributed by atoms with Gasteiger partial charge in [0.15, 0.2) is 0 Å². The fraction of sp³-hybridized carbons (Fsp3) is 0.545. The second kappa shape index (κ2) is 153. The van der Waals surface area contributed by atoms with Crippen LogP contribution in [-0.4, -0.2) is 36.1 Å². The number of unbranched alkanes of at least 4 members (excludes halogenated alkanes) is 2. The third kappa shape index (κ3) is 195. The number of aryl methyl sites for hydroxylation is 1. The number of hydrogen-bond acceptors (Lipinski definition) is 3. The molecule has 44 heavy (non-hydrogen) atoms. The van der Waals surface area contributed by atoms with Crippen LogP contribution in [0, 0.1) is 471 Å². The van der Waals surface area contributed by atoms with Gasteiger partial charge in [-0.2, -0.15) is 4.57 Å². The number of hydrogen-bond donors (Lipinski definition) is 3. The zero-order valence-electron chi connectivity index (χ0n) is 25.0. The first kappa shape index (κ1) is 220. The number of pyridine rings is 1. The van der Waals surface area contributed by atoms with Gasteiger partial charge in [-0.1, -0.05) is 25.8 Å². The van der Waals surface area contributed by atoms with Crippen molar-refractivity contribution in [3.8, 4) is 0 Å². The van der Waals surface area contributed by atoms with Crippen molar-refractivity contribution in [1.29, 1.82) is 0 Å². The minimum absolute atomic E-state index is 0. The van der Waals surface area contributed by atoms with Gasteiger partial charge in [-0.25, -0.2) is 0 Å². The van der Waals surface area contributed by atoms with E-state index in [1.165, 1.54) is 25.0 Å². The molecule has 301 valence electrons. The van der Waals surface area contributed by atoms with Crippen LogP contribution in [0.3, 0.4) is 0 Å². The molecule has 11 radical (unpaired) electrons. The largest absolute Gasteiger partial charge is 1.00 e. The van der Waals surface area contributed by atoms with E-state index in [-0.39, 0.29) is 521 Å². The van der Waals surface area contributed by atoms with Gasteiger partial charge in [0.05, 0.1) is 5.69 Å². The van der Waals surface area contributed by atoms with E-state index in [1.807, 2.05) is 12.1 Å². The Morgan fingerprint density at radius 2 is 0.909 bits per heavy atom. The van der Waals surface area contributed by atoms with Crippen molar-refractivity contribution in [1.82, 2.24) is 4.98 Å². The van der Waals surface area contributed by atoms with E-state index in [4.69, 9.17) is 25.0 Å². The summed E-state index contributed by atoms with van der Waals surface area (Å²) in [4.78, 5) is 24.6. The standard InChI is InChI=1S/C11H18N2.10Ac.5H2N.7No.Np.H3O4P.3H2O/c1-2-3-4-6-10-7-5-8-11(9-12)13-10;;;;;;;;;;;;;;;;;;;;;;;;1-5(2,3)4;;;/h5,7-8H,2-4,6,9,12H2,1H3;;;;;;;;;;;5*1H2;;;;;;;;;(H3,1,2,3,4);3*1H2/q;;;;;;;;;;;5*-1;;;;;;;;;;;;/p+3. The van der Waals surface area contributed by atoms with Gasteiger partial charge in [0.1, 0.15) is 0 Å². The van der Waals surface area contributed by atoms with Crippen molar-refractivity contribution < 1.29 is 509 Å². The summed E-state index contributed by atoms with van der Waals surface area (Å²) in [6.07, 6.45) is 4.87. The molecule has 14 nitrogen and oxygen atoms in total. The molecule has 0 aromatic carbocycles. The fourth-order valence-electron chi connectivity index (χ4n) is 1.34. The maximum atomic E-state index is 8.99. The Morgan fingerprint density at radius 1 is 0.682 bits per heavy atom. The van der Waals surface area contributed by atoms with Crippen molar-refractivity contribution >= 4 is 7.82 Å². The molecule has 0 spiro atoms. The van der Waals surface area contributed by atoms with Gasteiger partial charge in [0.25, 0.3) is 0 Å². The minimum atomic E-state index is -4.39. The summed E-state index contributed by atoms with van der Waals surface area (Å²) in [5, 5.41) is 0. The predicted octanol–water partition coefficient (Wildman–Crippen LogP) is 2.41. The summed E-state index contributed by atoms with van der Waals surface area (Å²) in [6, 6.07) is 6.09. The normalized spacial score (nSPS) is 4.39. The Hall–Kier alpha value is 7.33. The van der Waals surface area contributed by atoms with E-state index < -0.39 is 7.82 Å². The number of aromatic nitrogens is 1. The van der Waals surface area contributed by atoms with Gasteiger partial charge in [-0.3, -0.25) is 14.8 Å². The summed E-state index contributed by atoms with van der Waals surface area (Å²) in [6.45, 7) is 2.76. The average molecular weight is 4730 g/mol. The number of rotatable bonds is 5. The second-order valence-corrected chi connectivity index (χ2v) is 4.91. The van der Waals surface area contributed by atoms with Gasteiger partial charge in [-0.05, 0) is 25.0 Å². The van der Waals surface area contributed by atoms with Gasteiger partial charge in [-0.15, -0.1) is 0 Å². The van der Waals surface area contributed by atoms with Crippen LogP contribution in [0.1, 0.15) is 40.4 Å². The average Bonchev–Trinajstić information content (AvgIpc) is 2.27. The number of nitrogens with zero attached hydrogens (tertiary/aromatic N) is 1.